The first-order valence-corrected chi connectivity index (χ1v) is 5.75. The highest BCUT2D eigenvalue weighted by Crippen LogP contribution is 2.28. The smallest absolute Gasteiger partial charge is 0.406 e. The summed E-state index contributed by atoms with van der Waals surface area (Å²) in [5, 5.41) is 0.0233. The van der Waals surface area contributed by atoms with Gasteiger partial charge in [0, 0.05) is 11.8 Å². The maximum atomic E-state index is 12.1. The summed E-state index contributed by atoms with van der Waals surface area (Å²) < 4.78 is 40.2. The summed E-state index contributed by atoms with van der Waals surface area (Å²) in [4.78, 5) is 15.9. The standard InChI is InChI=1S/C13H7ClF3NO2/c14-10-5-4-8(20-13(15,16)17)7-9(10)12(19)11-3-1-2-6-18-11/h1-7H. The summed E-state index contributed by atoms with van der Waals surface area (Å²) >= 11 is 5.83. The molecule has 20 heavy (non-hydrogen) atoms. The fourth-order valence-electron chi connectivity index (χ4n) is 1.51. The number of pyridine rings is 1. The van der Waals surface area contributed by atoms with Gasteiger partial charge in [-0.15, -0.1) is 13.2 Å². The van der Waals surface area contributed by atoms with Gasteiger partial charge in [-0.05, 0) is 30.3 Å². The van der Waals surface area contributed by atoms with Gasteiger partial charge < -0.3 is 4.74 Å². The first kappa shape index (κ1) is 14.3. The zero-order chi connectivity index (χ0) is 14.8. The second-order valence-electron chi connectivity index (χ2n) is 3.73. The monoisotopic (exact) mass is 301 g/mol. The Balaban J connectivity index is 2.36. The first-order valence-electron chi connectivity index (χ1n) is 5.38. The van der Waals surface area contributed by atoms with E-state index in [1.165, 1.54) is 18.3 Å². The third kappa shape index (κ3) is 3.48. The van der Waals surface area contributed by atoms with Crippen LogP contribution in [0.5, 0.6) is 5.75 Å². The van der Waals surface area contributed by atoms with E-state index in [-0.39, 0.29) is 16.3 Å². The zero-order valence-corrected chi connectivity index (χ0v) is 10.6. The molecule has 7 heteroatoms. The van der Waals surface area contributed by atoms with Gasteiger partial charge in [-0.3, -0.25) is 9.78 Å². The van der Waals surface area contributed by atoms with E-state index in [0.717, 1.165) is 12.1 Å². The van der Waals surface area contributed by atoms with Crippen molar-refractivity contribution in [1.29, 1.82) is 0 Å². The first-order chi connectivity index (χ1) is 9.37. The van der Waals surface area contributed by atoms with Crippen molar-refractivity contribution in [2.24, 2.45) is 0 Å². The summed E-state index contributed by atoms with van der Waals surface area (Å²) in [6.45, 7) is 0. The number of carbonyl (C=O) groups excluding carboxylic acids is 1. The van der Waals surface area contributed by atoms with Crippen LogP contribution < -0.4 is 4.74 Å². The summed E-state index contributed by atoms with van der Waals surface area (Å²) in [7, 11) is 0. The van der Waals surface area contributed by atoms with Crippen molar-refractivity contribution in [2.75, 3.05) is 0 Å². The van der Waals surface area contributed by atoms with Crippen molar-refractivity contribution in [3.05, 3.63) is 58.9 Å². The van der Waals surface area contributed by atoms with Crippen LogP contribution in [0.25, 0.3) is 0 Å². The predicted molar refractivity (Wildman–Crippen MR) is 65.8 cm³/mol. The van der Waals surface area contributed by atoms with Crippen LogP contribution in [0.3, 0.4) is 0 Å². The van der Waals surface area contributed by atoms with Crippen LogP contribution in [-0.4, -0.2) is 17.1 Å². The Bertz CT molecular complexity index is 629. The molecule has 0 radical (unpaired) electrons. The van der Waals surface area contributed by atoms with E-state index >= 15 is 0 Å². The summed E-state index contributed by atoms with van der Waals surface area (Å²) in [6, 6.07) is 7.78. The number of hydrogen-bond donors (Lipinski definition) is 0. The quantitative estimate of drug-likeness (QED) is 0.808. The molecular weight excluding hydrogens is 295 g/mol. The van der Waals surface area contributed by atoms with Crippen LogP contribution in [0.15, 0.2) is 42.6 Å². The molecule has 0 bridgehead atoms. The van der Waals surface area contributed by atoms with Crippen LogP contribution in [-0.2, 0) is 0 Å². The molecule has 1 heterocycles. The molecule has 0 N–H and O–H groups in total. The van der Waals surface area contributed by atoms with Crippen LogP contribution >= 0.6 is 11.6 Å². The number of alkyl halides is 3. The number of hydrogen-bond acceptors (Lipinski definition) is 3. The lowest BCUT2D eigenvalue weighted by Crippen LogP contribution is -2.17. The lowest BCUT2D eigenvalue weighted by atomic mass is 10.1. The number of carbonyl (C=O) groups is 1. The molecule has 0 saturated heterocycles. The predicted octanol–water partition coefficient (Wildman–Crippen LogP) is 3.86. The molecular formula is C13H7ClF3NO2. The van der Waals surface area contributed by atoms with Crippen molar-refractivity contribution in [1.82, 2.24) is 4.98 Å². The van der Waals surface area contributed by atoms with E-state index in [2.05, 4.69) is 9.72 Å². The van der Waals surface area contributed by atoms with E-state index in [1.54, 1.807) is 12.1 Å². The lowest BCUT2D eigenvalue weighted by Gasteiger charge is -2.10. The van der Waals surface area contributed by atoms with E-state index in [0.29, 0.717) is 0 Å². The van der Waals surface area contributed by atoms with E-state index < -0.39 is 17.9 Å². The molecule has 2 aromatic rings. The molecule has 1 aromatic heterocycles. The number of rotatable bonds is 3. The summed E-state index contributed by atoms with van der Waals surface area (Å²) in [5.74, 6) is -1.09. The molecule has 0 unspecified atom stereocenters. The van der Waals surface area contributed by atoms with Gasteiger partial charge >= 0.3 is 6.36 Å². The largest absolute Gasteiger partial charge is 0.573 e. The van der Waals surface area contributed by atoms with Gasteiger partial charge in [0.1, 0.15) is 11.4 Å². The minimum atomic E-state index is -4.83. The van der Waals surface area contributed by atoms with Crippen molar-refractivity contribution in [2.45, 2.75) is 6.36 Å². The Labute approximate surface area is 117 Å². The molecule has 1 aromatic carbocycles. The number of nitrogens with zero attached hydrogens (tertiary/aromatic N) is 1. The van der Waals surface area contributed by atoms with Gasteiger partial charge in [0.15, 0.2) is 0 Å². The third-order valence-corrected chi connectivity index (χ3v) is 2.64. The molecule has 0 aliphatic rings. The summed E-state index contributed by atoms with van der Waals surface area (Å²) in [5.41, 5.74) is -0.0225. The highest BCUT2D eigenvalue weighted by Gasteiger charge is 2.31. The number of aromatic nitrogens is 1. The van der Waals surface area contributed by atoms with Crippen LogP contribution in [0.2, 0.25) is 5.02 Å². The molecule has 0 atom stereocenters. The minimum absolute atomic E-state index is 0.0233. The second kappa shape index (κ2) is 5.50. The Morgan fingerprint density at radius 3 is 2.55 bits per heavy atom. The fraction of sp³-hybridized carbons (Fsp3) is 0.0769. The molecule has 0 aliphatic heterocycles. The SMILES string of the molecule is O=C(c1ccccn1)c1cc(OC(F)(F)F)ccc1Cl. The Morgan fingerprint density at radius 1 is 1.20 bits per heavy atom. The molecule has 0 aliphatic carbocycles. The minimum Gasteiger partial charge on any atom is -0.406 e. The Morgan fingerprint density at radius 2 is 1.95 bits per heavy atom. The van der Waals surface area contributed by atoms with Gasteiger partial charge in [-0.25, -0.2) is 0 Å². The third-order valence-electron chi connectivity index (χ3n) is 2.31. The normalized spacial score (nSPS) is 11.2. The lowest BCUT2D eigenvalue weighted by molar-refractivity contribution is -0.274. The highest BCUT2D eigenvalue weighted by molar-refractivity contribution is 6.34. The highest BCUT2D eigenvalue weighted by atomic mass is 35.5. The van der Waals surface area contributed by atoms with Gasteiger partial charge in [-0.2, -0.15) is 0 Å². The van der Waals surface area contributed by atoms with Crippen molar-refractivity contribution >= 4 is 17.4 Å². The number of halogens is 4. The van der Waals surface area contributed by atoms with E-state index in [9.17, 15) is 18.0 Å². The van der Waals surface area contributed by atoms with Crippen molar-refractivity contribution in [3.63, 3.8) is 0 Å². The average Bonchev–Trinajstić information content (AvgIpc) is 2.40. The number of ether oxygens (including phenoxy) is 1. The van der Waals surface area contributed by atoms with Crippen molar-refractivity contribution in [3.8, 4) is 5.75 Å². The molecule has 3 nitrogen and oxygen atoms in total. The molecule has 104 valence electrons. The molecule has 2 rings (SSSR count). The Hall–Kier alpha value is -2.08. The van der Waals surface area contributed by atoms with E-state index in [4.69, 9.17) is 11.6 Å². The topological polar surface area (TPSA) is 39.2 Å². The van der Waals surface area contributed by atoms with Crippen LogP contribution in [0.1, 0.15) is 16.1 Å². The van der Waals surface area contributed by atoms with E-state index in [1.807, 2.05) is 0 Å². The maximum absolute atomic E-state index is 12.1. The summed E-state index contributed by atoms with van der Waals surface area (Å²) in [6.07, 6.45) is -3.43. The van der Waals surface area contributed by atoms with Crippen LogP contribution in [0, 0.1) is 0 Å². The number of ketones is 1. The molecule has 0 spiro atoms. The molecule has 0 amide bonds. The molecule has 0 saturated carbocycles. The number of benzene rings is 1. The van der Waals surface area contributed by atoms with Gasteiger partial charge in [0.05, 0.1) is 5.02 Å². The Kier molecular flexibility index (Phi) is 3.94. The van der Waals surface area contributed by atoms with Gasteiger partial charge in [0.2, 0.25) is 5.78 Å². The fourth-order valence-corrected chi connectivity index (χ4v) is 1.71. The molecule has 0 fully saturated rings. The van der Waals surface area contributed by atoms with Gasteiger partial charge in [0.25, 0.3) is 0 Å². The zero-order valence-electron chi connectivity index (χ0n) is 9.82. The average molecular weight is 302 g/mol. The second-order valence-corrected chi connectivity index (χ2v) is 4.14. The van der Waals surface area contributed by atoms with Gasteiger partial charge in [-0.1, -0.05) is 17.7 Å². The van der Waals surface area contributed by atoms with Crippen LogP contribution in [0.4, 0.5) is 13.2 Å². The van der Waals surface area contributed by atoms with Crippen molar-refractivity contribution < 1.29 is 22.7 Å². The maximum Gasteiger partial charge on any atom is 0.573 e.